The SMILES string of the molecule is Cc1c(C(=O)Cc2ccc3c(c2)[B-](O)(NC(CCCN=C(N)N)C(=O)O)OC3)nnn1-c1ccccn1. The van der Waals surface area contributed by atoms with E-state index < -0.39 is 18.7 Å². The van der Waals surface area contributed by atoms with Crippen LogP contribution >= 0.6 is 0 Å². The molecule has 0 fully saturated rings. The van der Waals surface area contributed by atoms with Crippen LogP contribution in [0.15, 0.2) is 47.6 Å². The average Bonchev–Trinajstić information content (AvgIpc) is 3.41. The van der Waals surface area contributed by atoms with E-state index in [2.05, 4.69) is 25.5 Å². The number of guanidine groups is 1. The van der Waals surface area contributed by atoms with Crippen LogP contribution in [0, 0.1) is 6.92 Å². The second kappa shape index (κ2) is 10.9. The molecule has 0 aliphatic carbocycles. The topological polar surface area (TPSA) is 204 Å². The van der Waals surface area contributed by atoms with Gasteiger partial charge in [-0.3, -0.25) is 14.6 Å². The highest BCUT2D eigenvalue weighted by Crippen LogP contribution is 2.20. The van der Waals surface area contributed by atoms with Gasteiger partial charge in [-0.25, -0.2) is 4.98 Å². The van der Waals surface area contributed by atoms with Crippen molar-refractivity contribution in [3.8, 4) is 5.82 Å². The number of carbonyl (C=O) groups excluding carboxylic acids is 1. The Morgan fingerprint density at radius 2 is 2.11 bits per heavy atom. The first-order valence-corrected chi connectivity index (χ1v) is 11.7. The molecule has 13 nitrogen and oxygen atoms in total. The molecule has 1 aliphatic rings. The molecule has 3 aromatic rings. The lowest BCUT2D eigenvalue weighted by atomic mass is 9.63. The van der Waals surface area contributed by atoms with Gasteiger partial charge in [0.25, 0.3) is 0 Å². The molecule has 0 saturated heterocycles. The largest absolute Gasteiger partial charge is 0.566 e. The zero-order valence-corrected chi connectivity index (χ0v) is 20.2. The smallest absolute Gasteiger partial charge is 0.343 e. The lowest BCUT2D eigenvalue weighted by Gasteiger charge is -2.35. The lowest BCUT2D eigenvalue weighted by molar-refractivity contribution is -0.139. The number of nitrogens with zero attached hydrogens (tertiary/aromatic N) is 5. The molecule has 0 radical (unpaired) electrons. The summed E-state index contributed by atoms with van der Waals surface area (Å²) >= 11 is 0. The average molecular weight is 507 g/mol. The van der Waals surface area contributed by atoms with Crippen molar-refractivity contribution in [2.45, 2.75) is 38.8 Å². The molecule has 0 spiro atoms. The first-order chi connectivity index (χ1) is 17.7. The quantitative estimate of drug-likeness (QED) is 0.0712. The summed E-state index contributed by atoms with van der Waals surface area (Å²) in [7, 11) is 0. The highest BCUT2D eigenvalue weighted by molar-refractivity contribution is 6.79. The van der Waals surface area contributed by atoms with Crippen molar-refractivity contribution in [1.82, 2.24) is 25.2 Å². The molecule has 14 heteroatoms. The van der Waals surface area contributed by atoms with E-state index in [1.807, 2.05) is 6.07 Å². The Morgan fingerprint density at radius 1 is 1.30 bits per heavy atom. The number of hydrogen-bond acceptors (Lipinski definition) is 9. The van der Waals surface area contributed by atoms with Crippen LogP contribution in [-0.4, -0.2) is 67.1 Å². The van der Waals surface area contributed by atoms with Gasteiger partial charge in [0.05, 0.1) is 11.7 Å². The molecule has 2 aromatic heterocycles. The third-order valence-electron chi connectivity index (χ3n) is 6.17. The van der Waals surface area contributed by atoms with E-state index in [1.54, 1.807) is 43.5 Å². The van der Waals surface area contributed by atoms with Gasteiger partial charge in [-0.1, -0.05) is 35.0 Å². The molecule has 37 heavy (non-hydrogen) atoms. The fourth-order valence-corrected chi connectivity index (χ4v) is 4.29. The van der Waals surface area contributed by atoms with E-state index >= 15 is 0 Å². The van der Waals surface area contributed by atoms with E-state index in [4.69, 9.17) is 16.1 Å². The molecule has 0 saturated carbocycles. The Kier molecular flexibility index (Phi) is 7.62. The highest BCUT2D eigenvalue weighted by Gasteiger charge is 2.37. The first-order valence-electron chi connectivity index (χ1n) is 11.7. The molecule has 3 heterocycles. The van der Waals surface area contributed by atoms with E-state index in [-0.39, 0.29) is 43.4 Å². The minimum atomic E-state index is -2.83. The number of hydrogen-bond donors (Lipinski definition) is 5. The van der Waals surface area contributed by atoms with Gasteiger partial charge in [-0.05, 0) is 37.5 Å². The third kappa shape index (κ3) is 5.82. The molecule has 0 bridgehead atoms. The highest BCUT2D eigenvalue weighted by atomic mass is 16.5. The van der Waals surface area contributed by atoms with Crippen molar-refractivity contribution >= 4 is 29.9 Å². The number of carboxylic acids is 1. The van der Waals surface area contributed by atoms with Crippen molar-refractivity contribution in [2.75, 3.05) is 6.54 Å². The summed E-state index contributed by atoms with van der Waals surface area (Å²) in [6.07, 6.45) is 2.18. The number of carboxylic acid groups (broad SMARTS) is 1. The fraction of sp³-hybridized carbons (Fsp3) is 0.304. The molecule has 1 aliphatic heterocycles. The van der Waals surface area contributed by atoms with E-state index in [1.165, 1.54) is 4.68 Å². The molecule has 2 atom stereocenters. The van der Waals surface area contributed by atoms with Gasteiger partial charge in [0.2, 0.25) is 0 Å². The lowest BCUT2D eigenvalue weighted by Crippen LogP contribution is -2.65. The summed E-state index contributed by atoms with van der Waals surface area (Å²) in [5.41, 5.74) is 13.1. The van der Waals surface area contributed by atoms with Crippen molar-refractivity contribution in [1.29, 1.82) is 0 Å². The van der Waals surface area contributed by atoms with Crippen LogP contribution in [0.2, 0.25) is 0 Å². The number of aliphatic imine (C=N–C) groups is 1. The fourth-order valence-electron chi connectivity index (χ4n) is 4.29. The Hall–Kier alpha value is -4.14. The zero-order chi connectivity index (χ0) is 26.6. The van der Waals surface area contributed by atoms with Crippen LogP contribution in [0.5, 0.6) is 0 Å². The monoisotopic (exact) mass is 507 g/mol. The second-order valence-electron chi connectivity index (χ2n) is 8.82. The predicted molar refractivity (Wildman–Crippen MR) is 135 cm³/mol. The maximum Gasteiger partial charge on any atom is 0.343 e. The number of nitrogens with one attached hydrogen (secondary N) is 1. The maximum absolute atomic E-state index is 13.1. The summed E-state index contributed by atoms with van der Waals surface area (Å²) in [4.78, 5) is 32.9. The maximum atomic E-state index is 13.1. The number of nitrogens with two attached hydrogens (primary N) is 2. The van der Waals surface area contributed by atoms with Gasteiger partial charge in [-0.15, -0.1) is 10.6 Å². The van der Waals surface area contributed by atoms with E-state index in [0.717, 1.165) is 0 Å². The Morgan fingerprint density at radius 3 is 2.81 bits per heavy atom. The minimum Gasteiger partial charge on any atom is -0.566 e. The van der Waals surface area contributed by atoms with Crippen molar-refractivity contribution in [2.24, 2.45) is 16.5 Å². The summed E-state index contributed by atoms with van der Waals surface area (Å²) in [5, 5.41) is 31.7. The van der Waals surface area contributed by atoms with Gasteiger partial charge in [-0.2, -0.15) is 4.68 Å². The molecular formula is C23H28BN8O5-. The second-order valence-corrected chi connectivity index (χ2v) is 8.82. The molecule has 1 aromatic carbocycles. The summed E-state index contributed by atoms with van der Waals surface area (Å²) < 4.78 is 7.11. The van der Waals surface area contributed by atoms with Crippen LogP contribution in [0.4, 0.5) is 0 Å². The van der Waals surface area contributed by atoms with Crippen molar-refractivity contribution < 1.29 is 24.4 Å². The van der Waals surface area contributed by atoms with Gasteiger partial charge in [0.15, 0.2) is 23.3 Å². The van der Waals surface area contributed by atoms with Crippen molar-refractivity contribution in [3.05, 3.63) is 65.1 Å². The Bertz CT molecular complexity index is 1330. The molecule has 4 rings (SSSR count). The summed E-state index contributed by atoms with van der Waals surface area (Å²) in [6.45, 7) is -0.729. The standard InChI is InChI=1S/C23H28BN8O5/c1-14-21(30-31-32(14)20-6-2-3-9-27-20)19(33)12-15-7-8-16-13-37-24(36,17(16)11-15)29-18(22(34)35)5-4-10-28-23(25)26/h2-3,6-9,11,18,29,36H,4-5,10,12-13H2,1H3,(H,34,35)(H4,25,26,28)/q-1. The number of Topliss-reactive ketones (excluding diaryl/α,β-unsaturated/α-hetero) is 1. The van der Waals surface area contributed by atoms with Gasteiger partial charge in [0.1, 0.15) is 0 Å². The van der Waals surface area contributed by atoms with E-state index in [0.29, 0.717) is 34.5 Å². The van der Waals surface area contributed by atoms with Gasteiger partial charge >= 0.3 is 12.7 Å². The Balaban J connectivity index is 1.49. The van der Waals surface area contributed by atoms with Crippen molar-refractivity contribution in [3.63, 3.8) is 0 Å². The minimum absolute atomic E-state index is 0.00205. The number of benzene rings is 1. The molecule has 0 amide bonds. The third-order valence-corrected chi connectivity index (χ3v) is 6.17. The van der Waals surface area contributed by atoms with E-state index in [9.17, 15) is 19.7 Å². The van der Waals surface area contributed by atoms with Crippen LogP contribution in [-0.2, 0) is 22.5 Å². The Labute approximate surface area is 212 Å². The number of carbonyl (C=O) groups is 2. The molecule has 194 valence electrons. The van der Waals surface area contributed by atoms with Crippen LogP contribution in [0.3, 0.4) is 0 Å². The molecule has 7 N–H and O–H groups in total. The number of pyridine rings is 1. The number of aromatic nitrogens is 4. The molecule has 2 unspecified atom stereocenters. The van der Waals surface area contributed by atoms with Crippen LogP contribution in [0.1, 0.15) is 40.2 Å². The zero-order valence-electron chi connectivity index (χ0n) is 20.2. The number of ketones is 1. The first kappa shape index (κ1) is 25.9. The molecular weight excluding hydrogens is 479 g/mol. The number of rotatable bonds is 11. The van der Waals surface area contributed by atoms with Gasteiger partial charge < -0.3 is 31.5 Å². The van der Waals surface area contributed by atoms with Crippen LogP contribution in [0.25, 0.3) is 5.82 Å². The number of aliphatic carboxylic acids is 1. The predicted octanol–water partition coefficient (Wildman–Crippen LogP) is -0.839. The summed E-state index contributed by atoms with van der Waals surface area (Å²) in [6, 6.07) is 9.44. The van der Waals surface area contributed by atoms with Crippen LogP contribution < -0.4 is 22.2 Å². The van der Waals surface area contributed by atoms with Gasteiger partial charge in [0, 0.05) is 25.8 Å². The number of fused-ring (bicyclic) bond motifs is 1. The normalized spacial score (nSPS) is 17.2. The summed E-state index contributed by atoms with van der Waals surface area (Å²) in [5.74, 6) is -0.931.